The first-order chi connectivity index (χ1) is 19.0. The van der Waals surface area contributed by atoms with E-state index in [0.717, 1.165) is 41.8 Å². The lowest BCUT2D eigenvalue weighted by molar-refractivity contribution is -0.148. The third-order valence-corrected chi connectivity index (χ3v) is 7.54. The van der Waals surface area contributed by atoms with Gasteiger partial charge in [-0.2, -0.15) is 0 Å². The maximum atomic E-state index is 14.6. The molecule has 1 fully saturated rings. The van der Waals surface area contributed by atoms with Crippen molar-refractivity contribution in [2.24, 2.45) is 0 Å². The Labute approximate surface area is 229 Å². The van der Waals surface area contributed by atoms with E-state index in [2.05, 4.69) is 5.32 Å². The molecule has 2 heterocycles. The summed E-state index contributed by atoms with van der Waals surface area (Å²) in [6, 6.07) is 22.4. The molecule has 1 saturated heterocycles. The summed E-state index contributed by atoms with van der Waals surface area (Å²) in [6.45, 7) is 1.42. The van der Waals surface area contributed by atoms with Gasteiger partial charge < -0.3 is 19.9 Å². The van der Waals surface area contributed by atoms with E-state index in [1.165, 1.54) is 12.1 Å². The third-order valence-electron chi connectivity index (χ3n) is 7.54. The van der Waals surface area contributed by atoms with Gasteiger partial charge in [-0.1, -0.05) is 66.7 Å². The standard InChI is InChI=1S/C32H34FN3O3/c1-39-27-17-13-25(14-18-27)29-10-6-20-35(31(37)28-9-5-19-34-28)30(21-23-7-3-2-4-8-23)32(38)36(29)22-24-11-15-26(33)16-12-24/h2-4,6-8,10-18,28-30,34H,5,9,19-22H2,1H3/b10-6-/t28-,29+,30-/m0/s1. The van der Waals surface area contributed by atoms with Crippen molar-refractivity contribution in [2.75, 3.05) is 20.2 Å². The Hall–Kier alpha value is -3.97. The topological polar surface area (TPSA) is 61.9 Å². The van der Waals surface area contributed by atoms with Gasteiger partial charge >= 0.3 is 0 Å². The molecule has 1 N–H and O–H groups in total. The van der Waals surface area contributed by atoms with Crippen LogP contribution in [0, 0.1) is 5.82 Å². The third kappa shape index (κ3) is 6.20. The second-order valence-electron chi connectivity index (χ2n) is 10.1. The van der Waals surface area contributed by atoms with Crippen molar-refractivity contribution in [3.63, 3.8) is 0 Å². The fourth-order valence-corrected chi connectivity index (χ4v) is 5.43. The largest absolute Gasteiger partial charge is 0.497 e. The monoisotopic (exact) mass is 527 g/mol. The molecule has 39 heavy (non-hydrogen) atoms. The van der Waals surface area contributed by atoms with E-state index in [1.54, 1.807) is 29.0 Å². The Morgan fingerprint density at radius 1 is 1.00 bits per heavy atom. The second kappa shape index (κ2) is 12.3. The summed E-state index contributed by atoms with van der Waals surface area (Å²) in [4.78, 5) is 31.9. The number of nitrogens with one attached hydrogen (secondary N) is 1. The number of ether oxygens (including phenoxy) is 1. The van der Waals surface area contributed by atoms with Crippen LogP contribution in [-0.2, 0) is 22.6 Å². The van der Waals surface area contributed by atoms with Crippen molar-refractivity contribution >= 4 is 11.8 Å². The van der Waals surface area contributed by atoms with Crippen molar-refractivity contribution in [1.82, 2.24) is 15.1 Å². The fraction of sp³-hybridized carbons (Fsp3) is 0.312. The number of nitrogens with zero attached hydrogens (tertiary/aromatic N) is 2. The van der Waals surface area contributed by atoms with Crippen LogP contribution in [0.2, 0.25) is 0 Å². The van der Waals surface area contributed by atoms with E-state index in [-0.39, 0.29) is 36.3 Å². The molecule has 0 aliphatic carbocycles. The maximum Gasteiger partial charge on any atom is 0.246 e. The van der Waals surface area contributed by atoms with Gasteiger partial charge in [-0.15, -0.1) is 0 Å². The van der Waals surface area contributed by atoms with Crippen molar-refractivity contribution in [1.29, 1.82) is 0 Å². The molecule has 0 bridgehead atoms. The van der Waals surface area contributed by atoms with E-state index in [0.29, 0.717) is 13.0 Å². The SMILES string of the molecule is COc1ccc([C@H]2/C=C\CN(C(=O)[C@@H]3CCCN3)[C@@H](Cc3ccccc3)C(=O)N2Cc2ccc(F)cc2)cc1. The smallest absolute Gasteiger partial charge is 0.246 e. The molecule has 0 unspecified atom stereocenters. The number of benzene rings is 3. The number of carbonyl (C=O) groups excluding carboxylic acids is 2. The molecule has 0 spiro atoms. The minimum absolute atomic E-state index is 0.0453. The van der Waals surface area contributed by atoms with Crippen LogP contribution in [0.1, 0.15) is 35.6 Å². The summed E-state index contributed by atoms with van der Waals surface area (Å²) in [5, 5.41) is 3.30. The minimum atomic E-state index is -0.687. The Morgan fingerprint density at radius 3 is 2.41 bits per heavy atom. The van der Waals surface area contributed by atoms with Gasteiger partial charge in [0.15, 0.2) is 0 Å². The van der Waals surface area contributed by atoms with Crippen LogP contribution in [0.3, 0.4) is 0 Å². The first kappa shape index (κ1) is 26.6. The fourth-order valence-electron chi connectivity index (χ4n) is 5.43. The highest BCUT2D eigenvalue weighted by Gasteiger charge is 2.39. The first-order valence-corrected chi connectivity index (χ1v) is 13.5. The lowest BCUT2D eigenvalue weighted by atomic mass is 9.96. The average molecular weight is 528 g/mol. The van der Waals surface area contributed by atoms with Crippen LogP contribution in [0.5, 0.6) is 5.75 Å². The molecule has 6 nitrogen and oxygen atoms in total. The number of methoxy groups -OCH3 is 1. The average Bonchev–Trinajstić information content (AvgIpc) is 3.51. The zero-order chi connectivity index (χ0) is 27.2. The molecule has 2 aliphatic heterocycles. The Morgan fingerprint density at radius 2 is 1.74 bits per heavy atom. The van der Waals surface area contributed by atoms with Crippen molar-refractivity contribution in [3.05, 3.63) is 114 Å². The first-order valence-electron chi connectivity index (χ1n) is 13.5. The molecule has 0 saturated carbocycles. The zero-order valence-electron chi connectivity index (χ0n) is 22.1. The summed E-state index contributed by atoms with van der Waals surface area (Å²) in [5.74, 6) is 0.218. The molecule has 2 aliphatic rings. The number of carbonyl (C=O) groups is 2. The van der Waals surface area contributed by atoms with E-state index in [9.17, 15) is 14.0 Å². The van der Waals surface area contributed by atoms with E-state index >= 15 is 0 Å². The van der Waals surface area contributed by atoms with Gasteiger partial charge in [0, 0.05) is 19.5 Å². The highest BCUT2D eigenvalue weighted by molar-refractivity contribution is 5.91. The van der Waals surface area contributed by atoms with Gasteiger partial charge in [-0.25, -0.2) is 4.39 Å². The molecule has 202 valence electrons. The van der Waals surface area contributed by atoms with Crippen molar-refractivity contribution in [2.45, 2.75) is 43.9 Å². The van der Waals surface area contributed by atoms with Crippen LogP contribution in [0.15, 0.2) is 91.0 Å². The highest BCUT2D eigenvalue weighted by atomic mass is 19.1. The molecule has 3 aromatic rings. The van der Waals surface area contributed by atoms with Crippen LogP contribution in [0.25, 0.3) is 0 Å². The summed E-state index contributed by atoms with van der Waals surface area (Å²) in [7, 11) is 1.62. The summed E-state index contributed by atoms with van der Waals surface area (Å²) in [6.07, 6.45) is 6.09. The zero-order valence-corrected chi connectivity index (χ0v) is 22.1. The molecule has 5 rings (SSSR count). The predicted octanol–water partition coefficient (Wildman–Crippen LogP) is 4.67. The van der Waals surface area contributed by atoms with Gasteiger partial charge in [0.05, 0.1) is 19.2 Å². The van der Waals surface area contributed by atoms with Gasteiger partial charge in [-0.05, 0) is 60.3 Å². The lowest BCUT2D eigenvalue weighted by Gasteiger charge is -2.40. The molecule has 2 amide bonds. The summed E-state index contributed by atoms with van der Waals surface area (Å²) in [5.41, 5.74) is 2.73. The normalized spacial score (nSPS) is 22.3. The van der Waals surface area contributed by atoms with Crippen LogP contribution in [-0.4, -0.2) is 53.9 Å². The number of hydrogen-bond donors (Lipinski definition) is 1. The minimum Gasteiger partial charge on any atom is -0.497 e. The molecule has 0 radical (unpaired) electrons. The molecule has 3 atom stereocenters. The highest BCUT2D eigenvalue weighted by Crippen LogP contribution is 2.30. The Bertz CT molecular complexity index is 1290. The second-order valence-corrected chi connectivity index (χ2v) is 10.1. The molecule has 7 heteroatoms. The van der Waals surface area contributed by atoms with E-state index in [4.69, 9.17) is 4.74 Å². The lowest BCUT2D eigenvalue weighted by Crippen LogP contribution is -2.56. The molecule has 3 aromatic carbocycles. The number of rotatable bonds is 7. The van der Waals surface area contributed by atoms with Crippen molar-refractivity contribution in [3.8, 4) is 5.75 Å². The summed E-state index contributed by atoms with van der Waals surface area (Å²) >= 11 is 0. The van der Waals surface area contributed by atoms with Crippen LogP contribution in [0.4, 0.5) is 4.39 Å². The summed E-state index contributed by atoms with van der Waals surface area (Å²) < 4.78 is 19.1. The van der Waals surface area contributed by atoms with Gasteiger partial charge in [-0.3, -0.25) is 9.59 Å². The Kier molecular flexibility index (Phi) is 8.37. The molecular weight excluding hydrogens is 493 g/mol. The number of hydrogen-bond acceptors (Lipinski definition) is 4. The van der Waals surface area contributed by atoms with Crippen LogP contribution < -0.4 is 10.1 Å². The Balaban J connectivity index is 1.56. The van der Waals surface area contributed by atoms with Gasteiger partial charge in [0.25, 0.3) is 0 Å². The quantitative estimate of drug-likeness (QED) is 0.454. The number of halogens is 1. The van der Waals surface area contributed by atoms with E-state index in [1.807, 2.05) is 66.7 Å². The van der Waals surface area contributed by atoms with Gasteiger partial charge in [0.2, 0.25) is 11.8 Å². The molecular formula is C32H34FN3O3. The van der Waals surface area contributed by atoms with Crippen molar-refractivity contribution < 1.29 is 18.7 Å². The predicted molar refractivity (Wildman–Crippen MR) is 148 cm³/mol. The number of amides is 2. The van der Waals surface area contributed by atoms with Gasteiger partial charge in [0.1, 0.15) is 17.6 Å². The maximum absolute atomic E-state index is 14.6. The van der Waals surface area contributed by atoms with Crippen LogP contribution >= 0.6 is 0 Å². The van der Waals surface area contributed by atoms with E-state index < -0.39 is 6.04 Å². The molecule has 0 aromatic heterocycles.